The number of benzene rings is 3. The highest BCUT2D eigenvalue weighted by molar-refractivity contribution is 5.85. The fourth-order valence-electron chi connectivity index (χ4n) is 4.22. The van der Waals surface area contributed by atoms with E-state index in [4.69, 9.17) is 9.47 Å². The number of carbonyl (C=O) groups is 1. The van der Waals surface area contributed by atoms with Crippen LogP contribution in [0.2, 0.25) is 0 Å². The second-order valence-electron chi connectivity index (χ2n) is 10.3. The van der Waals surface area contributed by atoms with E-state index < -0.39 is 58.2 Å². The molecule has 0 spiro atoms. The molecule has 4 rings (SSSR count). The molecule has 1 amide bonds. The Balaban J connectivity index is 1.79. The third kappa shape index (κ3) is 6.70. The SMILES string of the molecule is COc1cccc(-c2nn(Cc3c(F)cccc3F)c(=O)n(CCc3ccccc3NC(=O)OC(C)(C)C)c2=O)c1F. The van der Waals surface area contributed by atoms with Crippen molar-refractivity contribution in [3.63, 3.8) is 0 Å². The predicted octanol–water partition coefficient (Wildman–Crippen LogP) is 5.14. The van der Waals surface area contributed by atoms with Gasteiger partial charge in [-0.2, -0.15) is 5.10 Å². The van der Waals surface area contributed by atoms with Gasteiger partial charge < -0.3 is 9.47 Å². The number of rotatable bonds is 8. The summed E-state index contributed by atoms with van der Waals surface area (Å²) >= 11 is 0. The van der Waals surface area contributed by atoms with Gasteiger partial charge >= 0.3 is 11.8 Å². The van der Waals surface area contributed by atoms with E-state index in [0.717, 1.165) is 16.7 Å². The van der Waals surface area contributed by atoms with Gasteiger partial charge in [0.25, 0.3) is 5.56 Å². The van der Waals surface area contributed by atoms with Crippen LogP contribution in [-0.4, -0.2) is 33.2 Å². The fourth-order valence-corrected chi connectivity index (χ4v) is 4.22. The first-order chi connectivity index (χ1) is 19.9. The Kier molecular flexibility index (Phi) is 8.84. The smallest absolute Gasteiger partial charge is 0.412 e. The Bertz CT molecular complexity index is 1720. The molecule has 0 radical (unpaired) electrons. The monoisotopic (exact) mass is 582 g/mol. The highest BCUT2D eigenvalue weighted by Crippen LogP contribution is 2.26. The van der Waals surface area contributed by atoms with Crippen molar-refractivity contribution in [2.45, 2.75) is 45.9 Å². The van der Waals surface area contributed by atoms with Crippen molar-refractivity contribution >= 4 is 11.8 Å². The normalized spacial score (nSPS) is 11.3. The Labute approximate surface area is 239 Å². The summed E-state index contributed by atoms with van der Waals surface area (Å²) in [6.45, 7) is 4.26. The second-order valence-corrected chi connectivity index (χ2v) is 10.3. The minimum Gasteiger partial charge on any atom is -0.494 e. The van der Waals surface area contributed by atoms with Gasteiger partial charge in [0.15, 0.2) is 17.3 Å². The number of ether oxygens (including phenoxy) is 2. The van der Waals surface area contributed by atoms with Crippen LogP contribution in [0.4, 0.5) is 23.7 Å². The van der Waals surface area contributed by atoms with Crippen molar-refractivity contribution in [1.82, 2.24) is 14.3 Å². The topological polar surface area (TPSA) is 104 Å². The number of carbonyl (C=O) groups excluding carboxylic acids is 1. The minimum absolute atomic E-state index is 0.0687. The third-order valence-corrected chi connectivity index (χ3v) is 6.19. The molecule has 0 saturated carbocycles. The van der Waals surface area contributed by atoms with Crippen LogP contribution in [0.15, 0.2) is 70.3 Å². The number of nitrogens with one attached hydrogen (secondary N) is 1. The Hall–Kier alpha value is -4.87. The maximum absolute atomic E-state index is 15.2. The average molecular weight is 583 g/mol. The lowest BCUT2D eigenvalue weighted by Gasteiger charge is -2.20. The van der Waals surface area contributed by atoms with E-state index in [-0.39, 0.29) is 24.3 Å². The number of aromatic nitrogens is 3. The minimum atomic E-state index is -0.965. The van der Waals surface area contributed by atoms with Gasteiger partial charge in [0, 0.05) is 23.4 Å². The van der Waals surface area contributed by atoms with Crippen LogP contribution in [0, 0.1) is 17.5 Å². The van der Waals surface area contributed by atoms with Crippen LogP contribution in [0.5, 0.6) is 5.75 Å². The first-order valence-electron chi connectivity index (χ1n) is 12.9. The van der Waals surface area contributed by atoms with E-state index in [0.29, 0.717) is 15.9 Å². The van der Waals surface area contributed by atoms with Gasteiger partial charge in [-0.05, 0) is 63.1 Å². The highest BCUT2D eigenvalue weighted by atomic mass is 19.1. The van der Waals surface area contributed by atoms with Gasteiger partial charge in [0.1, 0.15) is 17.2 Å². The second kappa shape index (κ2) is 12.3. The first kappa shape index (κ1) is 30.1. The molecule has 3 aromatic carbocycles. The molecule has 12 heteroatoms. The molecule has 9 nitrogen and oxygen atoms in total. The van der Waals surface area contributed by atoms with Crippen LogP contribution in [0.3, 0.4) is 0 Å². The zero-order valence-electron chi connectivity index (χ0n) is 23.4. The van der Waals surface area contributed by atoms with Crippen molar-refractivity contribution in [3.05, 3.63) is 110 Å². The first-order valence-corrected chi connectivity index (χ1v) is 12.9. The molecule has 0 fully saturated rings. The number of para-hydroxylation sites is 1. The molecule has 1 heterocycles. The van der Waals surface area contributed by atoms with Gasteiger partial charge in [0.05, 0.1) is 13.7 Å². The molecule has 1 aromatic heterocycles. The molecule has 220 valence electrons. The number of aryl methyl sites for hydroxylation is 1. The van der Waals surface area contributed by atoms with Crippen molar-refractivity contribution < 1.29 is 27.4 Å². The molecule has 0 unspecified atom stereocenters. The van der Waals surface area contributed by atoms with E-state index >= 15 is 4.39 Å². The number of nitrogens with zero attached hydrogens (tertiary/aromatic N) is 3. The van der Waals surface area contributed by atoms with E-state index in [1.54, 1.807) is 45.0 Å². The Morgan fingerprint density at radius 1 is 0.952 bits per heavy atom. The summed E-state index contributed by atoms with van der Waals surface area (Å²) in [6.07, 6.45) is -0.625. The van der Waals surface area contributed by atoms with Gasteiger partial charge in [-0.1, -0.05) is 30.3 Å². The number of methoxy groups -OCH3 is 1. The lowest BCUT2D eigenvalue weighted by molar-refractivity contribution is 0.0635. The molecule has 0 atom stereocenters. The lowest BCUT2D eigenvalue weighted by atomic mass is 10.1. The lowest BCUT2D eigenvalue weighted by Crippen LogP contribution is -2.43. The molecule has 0 aliphatic heterocycles. The molecular weight excluding hydrogens is 553 g/mol. The van der Waals surface area contributed by atoms with Crippen LogP contribution < -0.4 is 21.3 Å². The largest absolute Gasteiger partial charge is 0.494 e. The molecule has 0 saturated heterocycles. The van der Waals surface area contributed by atoms with Crippen LogP contribution in [0.1, 0.15) is 31.9 Å². The quantitative estimate of drug-likeness (QED) is 0.309. The molecule has 0 aliphatic carbocycles. The zero-order chi connectivity index (χ0) is 30.6. The zero-order valence-corrected chi connectivity index (χ0v) is 23.4. The predicted molar refractivity (Wildman–Crippen MR) is 150 cm³/mol. The summed E-state index contributed by atoms with van der Waals surface area (Å²) in [6, 6.07) is 14.0. The van der Waals surface area contributed by atoms with E-state index in [2.05, 4.69) is 10.4 Å². The Morgan fingerprint density at radius 2 is 1.62 bits per heavy atom. The van der Waals surface area contributed by atoms with Crippen molar-refractivity contribution in [2.75, 3.05) is 12.4 Å². The van der Waals surface area contributed by atoms with Gasteiger partial charge in [0.2, 0.25) is 0 Å². The van der Waals surface area contributed by atoms with E-state index in [1.165, 1.54) is 31.4 Å². The van der Waals surface area contributed by atoms with Crippen LogP contribution in [-0.2, 0) is 24.2 Å². The maximum atomic E-state index is 15.2. The summed E-state index contributed by atoms with van der Waals surface area (Å²) < 4.78 is 56.0. The highest BCUT2D eigenvalue weighted by Gasteiger charge is 2.22. The van der Waals surface area contributed by atoms with Gasteiger partial charge in [-0.15, -0.1) is 0 Å². The Morgan fingerprint density at radius 3 is 2.29 bits per heavy atom. The molecule has 0 aliphatic rings. The molecule has 4 aromatic rings. The van der Waals surface area contributed by atoms with Gasteiger partial charge in [-0.3, -0.25) is 14.7 Å². The average Bonchev–Trinajstić information content (AvgIpc) is 2.92. The fraction of sp³-hybridized carbons (Fsp3) is 0.267. The number of hydrogen-bond donors (Lipinski definition) is 1. The van der Waals surface area contributed by atoms with E-state index in [1.807, 2.05) is 0 Å². The number of anilines is 1. The summed E-state index contributed by atoms with van der Waals surface area (Å²) in [7, 11) is 1.25. The molecule has 42 heavy (non-hydrogen) atoms. The van der Waals surface area contributed by atoms with Crippen molar-refractivity contribution in [1.29, 1.82) is 0 Å². The summed E-state index contributed by atoms with van der Waals surface area (Å²) in [4.78, 5) is 39.4. The van der Waals surface area contributed by atoms with E-state index in [9.17, 15) is 23.2 Å². The number of hydrogen-bond acceptors (Lipinski definition) is 6. The molecule has 0 bridgehead atoms. The third-order valence-electron chi connectivity index (χ3n) is 6.19. The maximum Gasteiger partial charge on any atom is 0.412 e. The van der Waals surface area contributed by atoms with Crippen molar-refractivity contribution in [2.24, 2.45) is 0 Å². The summed E-state index contributed by atoms with van der Waals surface area (Å²) in [5, 5.41) is 6.69. The van der Waals surface area contributed by atoms with Crippen molar-refractivity contribution in [3.8, 4) is 17.0 Å². The summed E-state index contributed by atoms with van der Waals surface area (Å²) in [5.41, 5.74) is -2.85. The molecule has 1 N–H and O–H groups in total. The van der Waals surface area contributed by atoms with Gasteiger partial charge in [-0.25, -0.2) is 27.4 Å². The van der Waals surface area contributed by atoms with Crippen LogP contribution >= 0.6 is 0 Å². The standard InChI is InChI=1S/C30H29F3N4O5/c1-30(2,3)42-28(39)34-23-13-6-5-9-18(23)15-16-36-27(38)26(19-10-7-14-24(41-4)25(19)33)35-37(29(36)40)17-20-21(31)11-8-12-22(20)32/h5-14H,15-17H2,1-4H3,(H,34,39). The number of halogens is 3. The van der Waals surface area contributed by atoms with Crippen LogP contribution in [0.25, 0.3) is 11.3 Å². The summed E-state index contributed by atoms with van der Waals surface area (Å²) in [5.74, 6) is -2.90. The number of amides is 1. The molecular formula is C30H29F3N4O5.